The lowest BCUT2D eigenvalue weighted by Gasteiger charge is -2.34. The average molecular weight is 401 g/mol. The van der Waals surface area contributed by atoms with Crippen LogP contribution in [0.5, 0.6) is 0 Å². The zero-order valence-corrected chi connectivity index (χ0v) is 16.8. The molecule has 0 atom stereocenters. The Morgan fingerprint density at radius 1 is 1.10 bits per heavy atom. The van der Waals surface area contributed by atoms with Crippen LogP contribution in [0.1, 0.15) is 10.4 Å². The molecule has 4 rings (SSSR count). The number of likely N-dealkylation sites (N-methyl/N-ethyl adjacent to an activating group) is 1. The average Bonchev–Trinajstić information content (AvgIpc) is 3.29. The fourth-order valence-electron chi connectivity index (χ4n) is 3.49. The number of anilines is 1. The van der Waals surface area contributed by atoms with Gasteiger partial charge in [0.25, 0.3) is 5.91 Å². The fourth-order valence-corrected chi connectivity index (χ4v) is 3.49. The lowest BCUT2D eigenvalue weighted by molar-refractivity contribution is 0.0958. The zero-order chi connectivity index (χ0) is 20.9. The van der Waals surface area contributed by atoms with Crippen LogP contribution in [0.2, 0.25) is 0 Å². The highest BCUT2D eigenvalue weighted by molar-refractivity contribution is 5.95. The van der Waals surface area contributed by atoms with Gasteiger partial charge in [-0.2, -0.15) is 5.26 Å². The van der Waals surface area contributed by atoms with Crippen molar-refractivity contribution in [3.05, 3.63) is 60.2 Å². The molecule has 0 saturated carbocycles. The molecular weight excluding hydrogens is 378 g/mol. The number of hydrogen-bond donors (Lipinski definition) is 1. The number of carbonyl (C=O) groups excluding carboxylic acids is 1. The van der Waals surface area contributed by atoms with Crippen molar-refractivity contribution in [1.29, 1.82) is 5.26 Å². The van der Waals surface area contributed by atoms with Gasteiger partial charge in [-0.05, 0) is 31.3 Å². The number of nitriles is 1. The van der Waals surface area contributed by atoms with Crippen molar-refractivity contribution < 1.29 is 9.32 Å². The highest BCUT2D eigenvalue weighted by atomic mass is 16.5. The summed E-state index contributed by atoms with van der Waals surface area (Å²) in [6, 6.07) is 19.2. The molecule has 1 N–H and O–H groups in total. The smallest absolute Gasteiger partial charge is 0.252 e. The standard InChI is InChI=1S/C23H23N5O2/c1-27-11-13-28(14-12-27)20-7-5-17(6-8-20)21-16-22(30-26-21)18-3-2-4-19(15-18)23(29)25-10-9-24/h2-8,15-16H,10-14H2,1H3,(H,25,29). The van der Waals surface area contributed by atoms with Gasteiger partial charge in [0.2, 0.25) is 0 Å². The molecule has 0 unspecified atom stereocenters. The van der Waals surface area contributed by atoms with Crippen molar-refractivity contribution >= 4 is 11.6 Å². The van der Waals surface area contributed by atoms with Gasteiger partial charge in [0.1, 0.15) is 12.2 Å². The van der Waals surface area contributed by atoms with Gasteiger partial charge in [-0.15, -0.1) is 0 Å². The minimum absolute atomic E-state index is 0.0281. The van der Waals surface area contributed by atoms with E-state index in [1.54, 1.807) is 18.2 Å². The summed E-state index contributed by atoms with van der Waals surface area (Å²) < 4.78 is 5.53. The van der Waals surface area contributed by atoms with Crippen LogP contribution < -0.4 is 10.2 Å². The molecule has 7 nitrogen and oxygen atoms in total. The summed E-state index contributed by atoms with van der Waals surface area (Å²) in [6.07, 6.45) is 0. The molecule has 1 saturated heterocycles. The van der Waals surface area contributed by atoms with E-state index >= 15 is 0 Å². The Morgan fingerprint density at radius 3 is 2.60 bits per heavy atom. The number of amides is 1. The molecule has 1 fully saturated rings. The Balaban J connectivity index is 1.49. The van der Waals surface area contributed by atoms with Gasteiger partial charge in [-0.1, -0.05) is 29.4 Å². The Hall–Kier alpha value is -3.63. The lowest BCUT2D eigenvalue weighted by atomic mass is 10.1. The summed E-state index contributed by atoms with van der Waals surface area (Å²) in [6.45, 7) is 4.17. The second kappa shape index (κ2) is 8.80. The van der Waals surface area contributed by atoms with Gasteiger partial charge < -0.3 is 19.6 Å². The monoisotopic (exact) mass is 401 g/mol. The second-order valence-electron chi connectivity index (χ2n) is 7.34. The number of nitrogens with one attached hydrogen (secondary N) is 1. The third kappa shape index (κ3) is 4.34. The molecular formula is C23H23N5O2. The van der Waals surface area contributed by atoms with E-state index in [1.165, 1.54) is 5.69 Å². The molecule has 1 aliphatic heterocycles. The van der Waals surface area contributed by atoms with E-state index in [2.05, 4.69) is 51.6 Å². The molecule has 30 heavy (non-hydrogen) atoms. The molecule has 1 amide bonds. The molecule has 0 radical (unpaired) electrons. The van der Waals surface area contributed by atoms with E-state index in [4.69, 9.17) is 9.78 Å². The highest BCUT2D eigenvalue weighted by Gasteiger charge is 2.15. The zero-order valence-electron chi connectivity index (χ0n) is 16.8. The molecule has 2 heterocycles. The predicted molar refractivity (Wildman–Crippen MR) is 115 cm³/mol. The van der Waals surface area contributed by atoms with Crippen LogP contribution in [0.4, 0.5) is 5.69 Å². The number of aromatic nitrogens is 1. The molecule has 1 aromatic heterocycles. The predicted octanol–water partition coefficient (Wildman–Crippen LogP) is 3.01. The SMILES string of the molecule is CN1CCN(c2ccc(-c3cc(-c4cccc(C(=O)NCC#N)c4)on3)cc2)CC1. The molecule has 152 valence electrons. The topological polar surface area (TPSA) is 85.4 Å². The van der Waals surface area contributed by atoms with Crippen LogP contribution in [0.15, 0.2) is 59.1 Å². The third-order valence-electron chi connectivity index (χ3n) is 5.28. The van der Waals surface area contributed by atoms with Crippen molar-refractivity contribution in [2.24, 2.45) is 0 Å². The number of piperazine rings is 1. The minimum Gasteiger partial charge on any atom is -0.369 e. The van der Waals surface area contributed by atoms with Crippen LogP contribution in [-0.4, -0.2) is 55.7 Å². The maximum Gasteiger partial charge on any atom is 0.252 e. The first-order chi connectivity index (χ1) is 14.6. The number of carbonyl (C=O) groups is 1. The van der Waals surface area contributed by atoms with Gasteiger partial charge in [0, 0.05) is 54.6 Å². The first-order valence-electron chi connectivity index (χ1n) is 9.90. The van der Waals surface area contributed by atoms with Gasteiger partial charge >= 0.3 is 0 Å². The molecule has 0 spiro atoms. The first kappa shape index (κ1) is 19.7. The van der Waals surface area contributed by atoms with Gasteiger partial charge in [0.05, 0.1) is 6.07 Å². The second-order valence-corrected chi connectivity index (χ2v) is 7.34. The fraction of sp³-hybridized carbons (Fsp3) is 0.261. The van der Waals surface area contributed by atoms with Gasteiger partial charge in [-0.25, -0.2) is 0 Å². The van der Waals surface area contributed by atoms with Gasteiger partial charge in [0.15, 0.2) is 5.76 Å². The number of rotatable bonds is 5. The maximum absolute atomic E-state index is 12.1. The largest absolute Gasteiger partial charge is 0.369 e. The van der Waals surface area contributed by atoms with Crippen molar-refractivity contribution in [2.45, 2.75) is 0 Å². The summed E-state index contributed by atoms with van der Waals surface area (Å²) in [7, 11) is 2.15. The Labute approximate surface area is 175 Å². The van der Waals surface area contributed by atoms with E-state index in [0.29, 0.717) is 11.3 Å². The van der Waals surface area contributed by atoms with E-state index < -0.39 is 0 Å². The van der Waals surface area contributed by atoms with Crippen molar-refractivity contribution in [3.8, 4) is 28.7 Å². The van der Waals surface area contributed by atoms with Gasteiger partial charge in [-0.3, -0.25) is 4.79 Å². The van der Waals surface area contributed by atoms with Crippen molar-refractivity contribution in [1.82, 2.24) is 15.4 Å². The van der Waals surface area contributed by atoms with Crippen molar-refractivity contribution in [2.75, 3.05) is 44.7 Å². The quantitative estimate of drug-likeness (QED) is 0.662. The van der Waals surface area contributed by atoms with E-state index in [1.807, 2.05) is 18.2 Å². The summed E-state index contributed by atoms with van der Waals surface area (Å²) in [5.74, 6) is 0.292. The van der Waals surface area contributed by atoms with Crippen LogP contribution >= 0.6 is 0 Å². The molecule has 0 bridgehead atoms. The van der Waals surface area contributed by atoms with Crippen molar-refractivity contribution in [3.63, 3.8) is 0 Å². The van der Waals surface area contributed by atoms with E-state index in [0.717, 1.165) is 43.0 Å². The molecule has 2 aromatic carbocycles. The molecule has 1 aliphatic rings. The molecule has 7 heteroatoms. The Bertz CT molecular complexity index is 1060. The summed E-state index contributed by atoms with van der Waals surface area (Å²) >= 11 is 0. The summed E-state index contributed by atoms with van der Waals surface area (Å²) in [4.78, 5) is 16.8. The number of benzene rings is 2. The summed E-state index contributed by atoms with van der Waals surface area (Å²) in [5, 5.41) is 15.4. The number of nitrogens with zero attached hydrogens (tertiary/aromatic N) is 4. The lowest BCUT2D eigenvalue weighted by Crippen LogP contribution is -2.44. The van der Waals surface area contributed by atoms with Crippen LogP contribution in [0.3, 0.4) is 0 Å². The van der Waals surface area contributed by atoms with E-state index in [9.17, 15) is 4.79 Å². The van der Waals surface area contributed by atoms with Crippen LogP contribution in [0.25, 0.3) is 22.6 Å². The van der Waals surface area contributed by atoms with E-state index in [-0.39, 0.29) is 12.5 Å². The molecule has 0 aliphatic carbocycles. The minimum atomic E-state index is -0.294. The summed E-state index contributed by atoms with van der Waals surface area (Å²) in [5.41, 5.74) is 4.16. The Kier molecular flexibility index (Phi) is 5.77. The third-order valence-corrected chi connectivity index (χ3v) is 5.28. The first-order valence-corrected chi connectivity index (χ1v) is 9.90. The number of hydrogen-bond acceptors (Lipinski definition) is 6. The van der Waals surface area contributed by atoms with Crippen LogP contribution in [0, 0.1) is 11.3 Å². The Morgan fingerprint density at radius 2 is 1.87 bits per heavy atom. The highest BCUT2D eigenvalue weighted by Crippen LogP contribution is 2.28. The normalized spacial score (nSPS) is 14.3. The van der Waals surface area contributed by atoms with Crippen LogP contribution in [-0.2, 0) is 0 Å². The molecule has 3 aromatic rings. The maximum atomic E-state index is 12.1.